The molecule has 2 unspecified atom stereocenters. The zero-order chi connectivity index (χ0) is 16.7. The molecule has 1 aromatic heterocycles. The Morgan fingerprint density at radius 3 is 2.32 bits per heavy atom. The van der Waals surface area contributed by atoms with E-state index < -0.39 is 12.1 Å². The fraction of sp³-hybridized carbons (Fsp3) is 0.533. The van der Waals surface area contributed by atoms with Gasteiger partial charge in [0.2, 0.25) is 11.8 Å². The fourth-order valence-electron chi connectivity index (χ4n) is 1.85. The summed E-state index contributed by atoms with van der Waals surface area (Å²) < 4.78 is 0. The smallest absolute Gasteiger partial charge is 0.262 e. The van der Waals surface area contributed by atoms with Crippen LogP contribution in [0.5, 0.6) is 0 Å². The van der Waals surface area contributed by atoms with E-state index in [1.165, 1.54) is 11.3 Å². The zero-order valence-electron chi connectivity index (χ0n) is 13.3. The molecule has 0 bridgehead atoms. The van der Waals surface area contributed by atoms with E-state index in [0.29, 0.717) is 11.4 Å². The van der Waals surface area contributed by atoms with Crippen molar-refractivity contribution in [2.75, 3.05) is 6.54 Å². The standard InChI is InChI=1S/C15H23N3O3S/c1-5-16-13(19)10(4)17-15(21)12(9(2)3)18-14(20)11-7-6-8-22-11/h6-10,12H,5H2,1-4H3,(H,16,19)(H,17,21)(H,18,20). The molecule has 1 rings (SSSR count). The second-order valence-electron chi connectivity index (χ2n) is 5.30. The van der Waals surface area contributed by atoms with Crippen LogP contribution in [0.2, 0.25) is 0 Å². The number of nitrogens with one attached hydrogen (secondary N) is 3. The summed E-state index contributed by atoms with van der Waals surface area (Å²) in [6, 6.07) is 2.15. The summed E-state index contributed by atoms with van der Waals surface area (Å²) in [6.45, 7) is 7.61. The molecule has 0 aliphatic carbocycles. The van der Waals surface area contributed by atoms with Gasteiger partial charge in [0.1, 0.15) is 12.1 Å². The van der Waals surface area contributed by atoms with Crippen LogP contribution in [0.3, 0.4) is 0 Å². The summed E-state index contributed by atoms with van der Waals surface area (Å²) in [5, 5.41) is 9.80. The first-order valence-corrected chi connectivity index (χ1v) is 8.17. The van der Waals surface area contributed by atoms with Crippen LogP contribution in [-0.4, -0.2) is 36.3 Å². The minimum Gasteiger partial charge on any atom is -0.355 e. The van der Waals surface area contributed by atoms with E-state index in [2.05, 4.69) is 16.0 Å². The Hall–Kier alpha value is -1.89. The summed E-state index contributed by atoms with van der Waals surface area (Å²) in [7, 11) is 0. The minimum absolute atomic E-state index is 0.0923. The molecule has 0 saturated carbocycles. The molecule has 0 spiro atoms. The summed E-state index contributed by atoms with van der Waals surface area (Å²) in [5.74, 6) is -0.985. The van der Waals surface area contributed by atoms with Gasteiger partial charge in [0.25, 0.3) is 5.91 Å². The highest BCUT2D eigenvalue weighted by Gasteiger charge is 2.27. The predicted molar refractivity (Wildman–Crippen MR) is 86.7 cm³/mol. The number of hydrogen-bond acceptors (Lipinski definition) is 4. The number of rotatable bonds is 7. The highest BCUT2D eigenvalue weighted by atomic mass is 32.1. The number of thiophene rings is 1. The molecule has 1 heterocycles. The Bertz CT molecular complexity index is 514. The molecule has 0 radical (unpaired) electrons. The Labute approximate surface area is 134 Å². The van der Waals surface area contributed by atoms with Gasteiger partial charge < -0.3 is 16.0 Å². The highest BCUT2D eigenvalue weighted by Crippen LogP contribution is 2.10. The topological polar surface area (TPSA) is 87.3 Å². The van der Waals surface area contributed by atoms with Gasteiger partial charge in [0, 0.05) is 6.54 Å². The van der Waals surface area contributed by atoms with E-state index in [-0.39, 0.29) is 23.6 Å². The molecule has 1 aromatic rings. The third-order valence-electron chi connectivity index (χ3n) is 3.08. The number of carbonyl (C=O) groups excluding carboxylic acids is 3. The molecule has 122 valence electrons. The molecule has 6 nitrogen and oxygen atoms in total. The summed E-state index contributed by atoms with van der Waals surface area (Å²) in [5.41, 5.74) is 0. The van der Waals surface area contributed by atoms with Gasteiger partial charge >= 0.3 is 0 Å². The third kappa shape index (κ3) is 5.14. The van der Waals surface area contributed by atoms with E-state index in [9.17, 15) is 14.4 Å². The SMILES string of the molecule is CCNC(=O)C(C)NC(=O)C(NC(=O)c1cccs1)C(C)C. The Morgan fingerprint density at radius 2 is 1.82 bits per heavy atom. The van der Waals surface area contributed by atoms with Crippen LogP contribution in [0.1, 0.15) is 37.4 Å². The van der Waals surface area contributed by atoms with Crippen molar-refractivity contribution in [3.8, 4) is 0 Å². The van der Waals surface area contributed by atoms with Crippen LogP contribution in [0.15, 0.2) is 17.5 Å². The van der Waals surface area contributed by atoms with E-state index in [1.54, 1.807) is 24.4 Å². The first kappa shape index (κ1) is 18.2. The minimum atomic E-state index is -0.688. The number of likely N-dealkylation sites (N-methyl/N-ethyl adjacent to an activating group) is 1. The average molecular weight is 325 g/mol. The maximum absolute atomic E-state index is 12.3. The molecule has 0 saturated heterocycles. The van der Waals surface area contributed by atoms with Crippen molar-refractivity contribution in [3.05, 3.63) is 22.4 Å². The molecule has 7 heteroatoms. The number of carbonyl (C=O) groups is 3. The summed E-state index contributed by atoms with van der Waals surface area (Å²) >= 11 is 1.31. The molecule has 22 heavy (non-hydrogen) atoms. The summed E-state index contributed by atoms with van der Waals surface area (Å²) in [6.07, 6.45) is 0. The van der Waals surface area contributed by atoms with Crippen molar-refractivity contribution in [2.24, 2.45) is 5.92 Å². The predicted octanol–water partition coefficient (Wildman–Crippen LogP) is 1.14. The van der Waals surface area contributed by atoms with Gasteiger partial charge in [-0.05, 0) is 31.2 Å². The van der Waals surface area contributed by atoms with Crippen LogP contribution in [-0.2, 0) is 9.59 Å². The Morgan fingerprint density at radius 1 is 1.14 bits per heavy atom. The highest BCUT2D eigenvalue weighted by molar-refractivity contribution is 7.12. The van der Waals surface area contributed by atoms with Crippen LogP contribution in [0.4, 0.5) is 0 Å². The largest absolute Gasteiger partial charge is 0.355 e. The zero-order valence-corrected chi connectivity index (χ0v) is 14.1. The van der Waals surface area contributed by atoms with Gasteiger partial charge in [-0.1, -0.05) is 19.9 Å². The molecular formula is C15H23N3O3S. The van der Waals surface area contributed by atoms with Gasteiger partial charge in [-0.2, -0.15) is 0 Å². The maximum atomic E-state index is 12.3. The Kier molecular flexibility index (Phi) is 7.04. The van der Waals surface area contributed by atoms with Gasteiger partial charge in [-0.3, -0.25) is 14.4 Å². The second kappa shape index (κ2) is 8.53. The van der Waals surface area contributed by atoms with Crippen LogP contribution in [0, 0.1) is 5.92 Å². The third-order valence-corrected chi connectivity index (χ3v) is 3.95. The van der Waals surface area contributed by atoms with E-state index in [0.717, 1.165) is 0 Å². The molecule has 0 fully saturated rings. The molecule has 3 amide bonds. The fourth-order valence-corrected chi connectivity index (χ4v) is 2.48. The Balaban J connectivity index is 2.68. The van der Waals surface area contributed by atoms with Gasteiger partial charge in [-0.25, -0.2) is 0 Å². The van der Waals surface area contributed by atoms with E-state index in [1.807, 2.05) is 20.8 Å². The quantitative estimate of drug-likeness (QED) is 0.702. The first-order valence-electron chi connectivity index (χ1n) is 7.29. The maximum Gasteiger partial charge on any atom is 0.262 e. The molecule has 0 aliphatic rings. The second-order valence-corrected chi connectivity index (χ2v) is 6.25. The normalized spacial score (nSPS) is 13.3. The lowest BCUT2D eigenvalue weighted by Gasteiger charge is -2.23. The lowest BCUT2D eigenvalue weighted by molar-refractivity contribution is -0.130. The monoisotopic (exact) mass is 325 g/mol. The van der Waals surface area contributed by atoms with Crippen LogP contribution < -0.4 is 16.0 Å². The van der Waals surface area contributed by atoms with Crippen molar-refractivity contribution in [1.29, 1.82) is 0 Å². The van der Waals surface area contributed by atoms with E-state index in [4.69, 9.17) is 0 Å². The van der Waals surface area contributed by atoms with Gasteiger partial charge in [0.05, 0.1) is 4.88 Å². The lowest BCUT2D eigenvalue weighted by Crippen LogP contribution is -2.54. The lowest BCUT2D eigenvalue weighted by atomic mass is 10.0. The molecule has 0 aromatic carbocycles. The van der Waals surface area contributed by atoms with Crippen molar-refractivity contribution in [1.82, 2.24) is 16.0 Å². The van der Waals surface area contributed by atoms with Gasteiger partial charge in [-0.15, -0.1) is 11.3 Å². The molecule has 3 N–H and O–H groups in total. The van der Waals surface area contributed by atoms with Crippen LogP contribution in [0.25, 0.3) is 0 Å². The number of amides is 3. The molecule has 2 atom stereocenters. The van der Waals surface area contributed by atoms with Crippen molar-refractivity contribution >= 4 is 29.1 Å². The average Bonchev–Trinajstić information content (AvgIpc) is 2.98. The first-order chi connectivity index (χ1) is 10.4. The summed E-state index contributed by atoms with van der Waals surface area (Å²) in [4.78, 5) is 36.6. The number of hydrogen-bond donors (Lipinski definition) is 3. The molecular weight excluding hydrogens is 302 g/mol. The van der Waals surface area contributed by atoms with Crippen molar-refractivity contribution < 1.29 is 14.4 Å². The van der Waals surface area contributed by atoms with Crippen LogP contribution >= 0.6 is 11.3 Å². The van der Waals surface area contributed by atoms with Crippen molar-refractivity contribution in [3.63, 3.8) is 0 Å². The van der Waals surface area contributed by atoms with Crippen molar-refractivity contribution in [2.45, 2.75) is 39.8 Å². The van der Waals surface area contributed by atoms with Gasteiger partial charge in [0.15, 0.2) is 0 Å². The molecule has 0 aliphatic heterocycles. The van der Waals surface area contributed by atoms with E-state index >= 15 is 0 Å².